The molecule has 0 fully saturated rings. The summed E-state index contributed by atoms with van der Waals surface area (Å²) in [4.78, 5) is 41.8. The Morgan fingerprint density at radius 3 is 2.58 bits per heavy atom. The van der Waals surface area contributed by atoms with Crippen molar-refractivity contribution in [2.45, 2.75) is 19.1 Å². The molecule has 1 atom stereocenters. The lowest BCUT2D eigenvalue weighted by Crippen LogP contribution is -2.27. The number of carbonyl (C=O) groups excluding carboxylic acids is 2. The Kier molecular flexibility index (Phi) is 7.27. The van der Waals surface area contributed by atoms with Crippen molar-refractivity contribution in [3.63, 3.8) is 0 Å². The number of halogens is 4. The normalized spacial score (nSPS) is 12.1. The second kappa shape index (κ2) is 10.4. The fraction of sp³-hybridized carbons (Fsp3) is 0.130. The summed E-state index contributed by atoms with van der Waals surface area (Å²) in [7, 11) is 0. The van der Waals surface area contributed by atoms with Gasteiger partial charge in [0.15, 0.2) is 0 Å². The van der Waals surface area contributed by atoms with Crippen LogP contribution in [0.1, 0.15) is 43.7 Å². The van der Waals surface area contributed by atoms with E-state index >= 15 is 0 Å². The highest BCUT2D eigenvalue weighted by Crippen LogP contribution is 2.36. The molecule has 0 spiro atoms. The van der Waals surface area contributed by atoms with E-state index in [4.69, 9.17) is 11.6 Å². The van der Waals surface area contributed by atoms with Crippen molar-refractivity contribution >= 4 is 40.4 Å². The van der Waals surface area contributed by atoms with Crippen LogP contribution in [0.4, 0.5) is 18.9 Å². The number of nitrogens with zero attached hydrogens (tertiary/aromatic N) is 4. The Morgan fingerprint density at radius 1 is 1.06 bits per heavy atom. The molecular formula is C23H16ClF3N6O2S. The zero-order valence-corrected chi connectivity index (χ0v) is 19.9. The Morgan fingerprint density at radius 2 is 1.86 bits per heavy atom. The van der Waals surface area contributed by atoms with Crippen LogP contribution in [0.5, 0.6) is 0 Å². The largest absolute Gasteiger partial charge is 0.417 e. The molecule has 0 saturated heterocycles. The van der Waals surface area contributed by atoms with Gasteiger partial charge in [-0.1, -0.05) is 11.6 Å². The lowest BCUT2D eigenvalue weighted by Gasteiger charge is -2.12. The van der Waals surface area contributed by atoms with Gasteiger partial charge in [-0.15, -0.1) is 11.3 Å². The van der Waals surface area contributed by atoms with E-state index in [1.807, 2.05) is 0 Å². The molecule has 13 heteroatoms. The maximum atomic E-state index is 13.1. The summed E-state index contributed by atoms with van der Waals surface area (Å²) in [5.41, 5.74) is 0.259. The van der Waals surface area contributed by atoms with E-state index in [0.717, 1.165) is 29.0 Å². The Hall–Kier alpha value is -3.90. The fourth-order valence-electron chi connectivity index (χ4n) is 3.09. The highest BCUT2D eigenvalue weighted by atomic mass is 35.5. The lowest BCUT2D eigenvalue weighted by atomic mass is 10.2. The first-order valence-electron chi connectivity index (χ1n) is 10.3. The molecule has 8 nitrogen and oxygen atoms in total. The number of hydrogen-bond acceptors (Lipinski definition) is 7. The molecule has 3 aromatic heterocycles. The Bertz CT molecular complexity index is 1410. The van der Waals surface area contributed by atoms with Crippen molar-refractivity contribution in [2.75, 3.05) is 5.32 Å². The average Bonchev–Trinajstić information content (AvgIpc) is 3.36. The average molecular weight is 533 g/mol. The predicted octanol–water partition coefficient (Wildman–Crippen LogP) is 5.41. The lowest BCUT2D eigenvalue weighted by molar-refractivity contribution is -0.137. The molecule has 0 aliphatic rings. The molecule has 0 aliphatic carbocycles. The van der Waals surface area contributed by atoms with Crippen molar-refractivity contribution in [3.8, 4) is 11.3 Å². The minimum Gasteiger partial charge on any atom is -0.342 e. The molecule has 0 bridgehead atoms. The molecule has 2 N–H and O–H groups in total. The second-order valence-electron chi connectivity index (χ2n) is 7.43. The molecular weight excluding hydrogens is 517 g/mol. The molecule has 0 unspecified atom stereocenters. The van der Waals surface area contributed by atoms with Crippen LogP contribution in [0.15, 0.2) is 61.3 Å². The van der Waals surface area contributed by atoms with Gasteiger partial charge in [-0.3, -0.25) is 14.6 Å². The fourth-order valence-corrected chi connectivity index (χ4v) is 4.13. The van der Waals surface area contributed by atoms with Gasteiger partial charge in [0, 0.05) is 23.6 Å². The summed E-state index contributed by atoms with van der Waals surface area (Å²) in [5, 5.41) is 5.10. The number of nitrogens with one attached hydrogen (secondary N) is 2. The number of hydrogen-bond donors (Lipinski definition) is 2. The van der Waals surface area contributed by atoms with E-state index in [9.17, 15) is 22.8 Å². The summed E-state index contributed by atoms with van der Waals surface area (Å²) < 4.78 is 39.2. The molecule has 0 aliphatic heterocycles. The number of carbonyl (C=O) groups is 2. The van der Waals surface area contributed by atoms with Crippen LogP contribution in [-0.2, 0) is 6.18 Å². The molecule has 3 heterocycles. The van der Waals surface area contributed by atoms with Crippen molar-refractivity contribution in [2.24, 2.45) is 0 Å². The van der Waals surface area contributed by atoms with Gasteiger partial charge >= 0.3 is 6.18 Å². The van der Waals surface area contributed by atoms with Crippen LogP contribution < -0.4 is 10.6 Å². The maximum Gasteiger partial charge on any atom is 0.417 e. The van der Waals surface area contributed by atoms with Crippen molar-refractivity contribution in [3.05, 3.63) is 87.5 Å². The van der Waals surface area contributed by atoms with Gasteiger partial charge in [-0.05, 0) is 43.3 Å². The zero-order chi connectivity index (χ0) is 25.9. The number of amides is 2. The Balaban J connectivity index is 1.43. The SMILES string of the molecule is C[C@H](NC(=O)c1cc(-c2cccnc2)ncn1)c1ncc(C(=O)Nc2ccc(Cl)c(C(F)(F)F)c2)s1. The predicted molar refractivity (Wildman–Crippen MR) is 128 cm³/mol. The third-order valence-corrected chi connectivity index (χ3v) is 6.36. The van der Waals surface area contributed by atoms with Crippen molar-refractivity contribution in [1.29, 1.82) is 0 Å². The van der Waals surface area contributed by atoms with Crippen LogP contribution in [0.3, 0.4) is 0 Å². The van der Waals surface area contributed by atoms with E-state index in [1.54, 1.807) is 31.5 Å². The van der Waals surface area contributed by atoms with Crippen LogP contribution >= 0.6 is 22.9 Å². The van der Waals surface area contributed by atoms with Gasteiger partial charge in [0.1, 0.15) is 21.9 Å². The first-order valence-corrected chi connectivity index (χ1v) is 11.5. The smallest absolute Gasteiger partial charge is 0.342 e. The summed E-state index contributed by atoms with van der Waals surface area (Å²) in [6.45, 7) is 1.68. The van der Waals surface area contributed by atoms with Crippen LogP contribution in [0.2, 0.25) is 5.02 Å². The summed E-state index contributed by atoms with van der Waals surface area (Å²) >= 11 is 6.60. The highest BCUT2D eigenvalue weighted by Gasteiger charge is 2.33. The summed E-state index contributed by atoms with van der Waals surface area (Å²) in [6, 6.07) is 7.58. The van der Waals surface area contributed by atoms with Gasteiger partial charge in [0.25, 0.3) is 11.8 Å². The highest BCUT2D eigenvalue weighted by molar-refractivity contribution is 7.13. The monoisotopic (exact) mass is 532 g/mol. The van der Waals surface area contributed by atoms with Gasteiger partial charge < -0.3 is 10.6 Å². The van der Waals surface area contributed by atoms with Crippen molar-refractivity contribution < 1.29 is 22.8 Å². The number of benzene rings is 1. The van der Waals surface area contributed by atoms with E-state index in [-0.39, 0.29) is 16.3 Å². The van der Waals surface area contributed by atoms with Crippen molar-refractivity contribution in [1.82, 2.24) is 25.3 Å². The summed E-state index contributed by atoms with van der Waals surface area (Å²) in [5.74, 6) is -1.12. The molecule has 4 rings (SSSR count). The van der Waals surface area contributed by atoms with Gasteiger partial charge in [-0.25, -0.2) is 15.0 Å². The van der Waals surface area contributed by atoms with Gasteiger partial charge in [0.2, 0.25) is 0 Å². The number of pyridine rings is 1. The molecule has 1 aromatic carbocycles. The topological polar surface area (TPSA) is 110 Å². The molecule has 184 valence electrons. The van der Waals surface area contributed by atoms with E-state index in [0.29, 0.717) is 10.7 Å². The minimum atomic E-state index is -4.66. The molecule has 4 aromatic rings. The van der Waals surface area contributed by atoms with E-state index in [2.05, 4.69) is 30.6 Å². The first-order chi connectivity index (χ1) is 17.1. The van der Waals surface area contributed by atoms with Crippen LogP contribution in [0, 0.1) is 0 Å². The number of alkyl halides is 3. The number of anilines is 1. The summed E-state index contributed by atoms with van der Waals surface area (Å²) in [6.07, 6.45) is 1.13. The number of aromatic nitrogens is 4. The molecule has 0 radical (unpaired) electrons. The molecule has 2 amide bonds. The van der Waals surface area contributed by atoms with Gasteiger partial charge in [0.05, 0.1) is 28.5 Å². The minimum absolute atomic E-state index is 0.0683. The standard InChI is InChI=1S/C23H16ClF3N6O2S/c1-12(32-20(34)18-8-17(30-11-31-18)13-3-2-6-28-9-13)22-29-10-19(36-22)21(35)33-14-4-5-16(24)15(7-14)23(25,26)27/h2-12H,1H3,(H,32,34)(H,33,35)/t12-/m0/s1. The van der Waals surface area contributed by atoms with E-state index in [1.165, 1.54) is 24.7 Å². The molecule has 0 saturated carbocycles. The Labute approximate surface area is 211 Å². The third-order valence-electron chi connectivity index (χ3n) is 4.85. The second-order valence-corrected chi connectivity index (χ2v) is 8.90. The number of rotatable bonds is 6. The quantitative estimate of drug-likeness (QED) is 0.343. The van der Waals surface area contributed by atoms with Crippen LogP contribution in [0.25, 0.3) is 11.3 Å². The first kappa shape index (κ1) is 25.2. The van der Waals surface area contributed by atoms with Gasteiger partial charge in [-0.2, -0.15) is 13.2 Å². The molecule has 36 heavy (non-hydrogen) atoms. The van der Waals surface area contributed by atoms with E-state index < -0.39 is 34.6 Å². The maximum absolute atomic E-state index is 13.1. The third kappa shape index (κ3) is 5.83. The zero-order valence-electron chi connectivity index (χ0n) is 18.4. The van der Waals surface area contributed by atoms with Crippen LogP contribution in [-0.4, -0.2) is 31.8 Å². The number of thiazole rings is 1.